The van der Waals surface area contributed by atoms with Gasteiger partial charge in [-0.05, 0) is 42.7 Å². The Morgan fingerprint density at radius 1 is 1.21 bits per heavy atom. The van der Waals surface area contributed by atoms with Crippen molar-refractivity contribution in [2.45, 2.75) is 25.4 Å². The lowest BCUT2D eigenvalue weighted by Gasteiger charge is -2.09. The van der Waals surface area contributed by atoms with Gasteiger partial charge < -0.3 is 20.1 Å². The molecule has 2 N–H and O–H groups in total. The van der Waals surface area contributed by atoms with Crippen LogP contribution in [0, 0.1) is 10.1 Å². The van der Waals surface area contributed by atoms with E-state index in [0.717, 1.165) is 24.5 Å². The number of carbonyl (C=O) groups excluding carboxylic acids is 2. The Morgan fingerprint density at radius 2 is 2.00 bits per heavy atom. The van der Waals surface area contributed by atoms with Gasteiger partial charge in [0.15, 0.2) is 6.61 Å². The van der Waals surface area contributed by atoms with Crippen molar-refractivity contribution >= 4 is 23.3 Å². The number of ether oxygens (including phenoxy) is 2. The minimum absolute atomic E-state index is 0.0126. The van der Waals surface area contributed by atoms with E-state index in [9.17, 15) is 19.7 Å². The predicted octanol–water partition coefficient (Wildman–Crippen LogP) is 2.65. The molecule has 0 atom stereocenters. The Morgan fingerprint density at radius 3 is 2.69 bits per heavy atom. The molecule has 2 aromatic rings. The maximum Gasteiger partial charge on any atom is 0.338 e. The second-order valence-electron chi connectivity index (χ2n) is 6.61. The summed E-state index contributed by atoms with van der Waals surface area (Å²) >= 11 is 0. The number of anilines is 1. The third-order valence-corrected chi connectivity index (χ3v) is 4.33. The smallest absolute Gasteiger partial charge is 0.338 e. The molecule has 1 fully saturated rings. The van der Waals surface area contributed by atoms with Gasteiger partial charge in [-0.15, -0.1) is 0 Å². The zero-order valence-electron chi connectivity index (χ0n) is 15.8. The maximum absolute atomic E-state index is 12.2. The van der Waals surface area contributed by atoms with Crippen molar-refractivity contribution in [3.05, 3.63) is 63.7 Å². The van der Waals surface area contributed by atoms with Crippen LogP contribution in [0.4, 0.5) is 11.4 Å². The predicted molar refractivity (Wildman–Crippen MR) is 105 cm³/mol. The minimum Gasteiger partial charge on any atom is -0.497 e. The van der Waals surface area contributed by atoms with Crippen LogP contribution in [-0.4, -0.2) is 36.6 Å². The van der Waals surface area contributed by atoms with Crippen LogP contribution in [-0.2, 0) is 16.1 Å². The van der Waals surface area contributed by atoms with E-state index < -0.39 is 23.4 Å². The highest BCUT2D eigenvalue weighted by Gasteiger charge is 2.26. The number of rotatable bonds is 9. The standard InChI is InChI=1S/C20H21N3O6/c1-28-16-4-2-3-13(9-16)11-21-19(24)12-29-20(25)14-5-8-17(22-15-6-7-15)18(10-14)23(26)27/h2-5,8-10,15,22H,6-7,11-12H2,1H3,(H,21,24). The lowest BCUT2D eigenvalue weighted by molar-refractivity contribution is -0.384. The van der Waals surface area contributed by atoms with Crippen LogP contribution in [0.2, 0.25) is 0 Å². The second kappa shape index (κ2) is 9.05. The molecule has 9 heteroatoms. The second-order valence-corrected chi connectivity index (χ2v) is 6.61. The van der Waals surface area contributed by atoms with Crippen LogP contribution in [0.25, 0.3) is 0 Å². The monoisotopic (exact) mass is 399 g/mol. The number of nitro benzene ring substituents is 1. The maximum atomic E-state index is 12.2. The van der Waals surface area contributed by atoms with Gasteiger partial charge in [0.2, 0.25) is 0 Å². The summed E-state index contributed by atoms with van der Waals surface area (Å²) in [5.74, 6) is -0.616. The summed E-state index contributed by atoms with van der Waals surface area (Å²) in [6.07, 6.45) is 1.93. The summed E-state index contributed by atoms with van der Waals surface area (Å²) in [5.41, 5.74) is 1.01. The molecule has 0 heterocycles. The molecule has 0 saturated heterocycles. The summed E-state index contributed by atoms with van der Waals surface area (Å²) in [5, 5.41) is 17.0. The molecule has 152 valence electrons. The molecule has 0 aliphatic heterocycles. The van der Waals surface area contributed by atoms with Crippen molar-refractivity contribution in [2.75, 3.05) is 19.0 Å². The number of benzene rings is 2. The Bertz CT molecular complexity index is 926. The van der Waals surface area contributed by atoms with Gasteiger partial charge in [0, 0.05) is 18.7 Å². The van der Waals surface area contributed by atoms with Gasteiger partial charge in [-0.25, -0.2) is 4.79 Å². The van der Waals surface area contributed by atoms with Crippen molar-refractivity contribution < 1.29 is 24.0 Å². The highest BCUT2D eigenvalue weighted by Crippen LogP contribution is 2.31. The van der Waals surface area contributed by atoms with E-state index in [2.05, 4.69) is 10.6 Å². The van der Waals surface area contributed by atoms with Crippen molar-refractivity contribution in [3.8, 4) is 5.75 Å². The molecular weight excluding hydrogens is 378 g/mol. The molecule has 0 radical (unpaired) electrons. The highest BCUT2D eigenvalue weighted by atomic mass is 16.6. The number of hydrogen-bond acceptors (Lipinski definition) is 7. The van der Waals surface area contributed by atoms with Crippen molar-refractivity contribution in [3.63, 3.8) is 0 Å². The van der Waals surface area contributed by atoms with E-state index in [1.807, 2.05) is 6.07 Å². The zero-order valence-corrected chi connectivity index (χ0v) is 15.8. The Balaban J connectivity index is 1.53. The first kappa shape index (κ1) is 20.1. The molecule has 1 aliphatic carbocycles. The van der Waals surface area contributed by atoms with Gasteiger partial charge >= 0.3 is 5.97 Å². The molecule has 0 spiro atoms. The molecule has 0 aromatic heterocycles. The van der Waals surface area contributed by atoms with E-state index in [1.54, 1.807) is 25.3 Å². The molecule has 0 unspecified atom stereocenters. The molecule has 0 bridgehead atoms. The van der Waals surface area contributed by atoms with Crippen LogP contribution < -0.4 is 15.4 Å². The fourth-order valence-corrected chi connectivity index (χ4v) is 2.63. The SMILES string of the molecule is COc1cccc(CNC(=O)COC(=O)c2ccc(NC3CC3)c([N+](=O)[O-])c2)c1. The van der Waals surface area contributed by atoms with E-state index >= 15 is 0 Å². The van der Waals surface area contributed by atoms with Gasteiger partial charge in [-0.2, -0.15) is 0 Å². The van der Waals surface area contributed by atoms with E-state index in [-0.39, 0.29) is 23.8 Å². The minimum atomic E-state index is -0.803. The fraction of sp³-hybridized carbons (Fsp3) is 0.300. The molecular formula is C20H21N3O6. The molecule has 2 aromatic carbocycles. The Labute approximate surface area is 167 Å². The number of nitrogens with one attached hydrogen (secondary N) is 2. The van der Waals surface area contributed by atoms with Gasteiger partial charge in [-0.3, -0.25) is 14.9 Å². The average molecular weight is 399 g/mol. The summed E-state index contributed by atoms with van der Waals surface area (Å²) in [4.78, 5) is 34.8. The first-order chi connectivity index (χ1) is 14.0. The first-order valence-corrected chi connectivity index (χ1v) is 9.08. The molecule has 29 heavy (non-hydrogen) atoms. The largest absolute Gasteiger partial charge is 0.497 e. The van der Waals surface area contributed by atoms with Gasteiger partial charge in [0.05, 0.1) is 17.6 Å². The van der Waals surface area contributed by atoms with Crippen LogP contribution in [0.3, 0.4) is 0 Å². The number of esters is 1. The fourth-order valence-electron chi connectivity index (χ4n) is 2.63. The molecule has 9 nitrogen and oxygen atoms in total. The molecule has 1 aliphatic rings. The van der Waals surface area contributed by atoms with Gasteiger partial charge in [-0.1, -0.05) is 12.1 Å². The lowest BCUT2D eigenvalue weighted by Crippen LogP contribution is -2.28. The number of amides is 1. The van der Waals surface area contributed by atoms with Crippen molar-refractivity contribution in [2.24, 2.45) is 0 Å². The number of nitrogens with zero attached hydrogens (tertiary/aromatic N) is 1. The van der Waals surface area contributed by atoms with Crippen molar-refractivity contribution in [1.82, 2.24) is 5.32 Å². The average Bonchev–Trinajstić information content (AvgIpc) is 3.54. The van der Waals surface area contributed by atoms with Crippen LogP contribution in [0.5, 0.6) is 5.75 Å². The number of nitro groups is 1. The molecule has 1 saturated carbocycles. The third kappa shape index (κ3) is 5.68. The zero-order chi connectivity index (χ0) is 20.8. The van der Waals surface area contributed by atoms with E-state index in [4.69, 9.17) is 9.47 Å². The third-order valence-electron chi connectivity index (χ3n) is 4.33. The molecule has 3 rings (SSSR count). The topological polar surface area (TPSA) is 120 Å². The lowest BCUT2D eigenvalue weighted by atomic mass is 10.1. The first-order valence-electron chi connectivity index (χ1n) is 9.08. The number of carbonyl (C=O) groups is 2. The number of methoxy groups -OCH3 is 1. The summed E-state index contributed by atoms with van der Waals surface area (Å²) in [6, 6.07) is 11.5. The Hall–Kier alpha value is -3.62. The van der Waals surface area contributed by atoms with E-state index in [1.165, 1.54) is 12.1 Å². The quantitative estimate of drug-likeness (QED) is 0.378. The summed E-state index contributed by atoms with van der Waals surface area (Å²) in [6.45, 7) is -0.237. The highest BCUT2D eigenvalue weighted by molar-refractivity contribution is 5.93. The van der Waals surface area contributed by atoms with Crippen LogP contribution >= 0.6 is 0 Å². The summed E-state index contributed by atoms with van der Waals surface area (Å²) in [7, 11) is 1.55. The van der Waals surface area contributed by atoms with Crippen molar-refractivity contribution in [1.29, 1.82) is 0 Å². The van der Waals surface area contributed by atoms with Gasteiger partial charge in [0.25, 0.3) is 11.6 Å². The van der Waals surface area contributed by atoms with Crippen LogP contribution in [0.15, 0.2) is 42.5 Å². The normalized spacial score (nSPS) is 12.7. The van der Waals surface area contributed by atoms with Gasteiger partial charge in [0.1, 0.15) is 11.4 Å². The summed E-state index contributed by atoms with van der Waals surface area (Å²) < 4.78 is 10.1. The van der Waals surface area contributed by atoms with E-state index in [0.29, 0.717) is 11.4 Å². The molecule has 1 amide bonds. The Kier molecular flexibility index (Phi) is 6.28. The number of hydrogen-bond donors (Lipinski definition) is 2. The van der Waals surface area contributed by atoms with Crippen LogP contribution in [0.1, 0.15) is 28.8 Å².